The minimum Gasteiger partial charge on any atom is -0.382 e. The Kier molecular flexibility index (Phi) is 23.5. The van der Waals surface area contributed by atoms with E-state index in [0.29, 0.717) is 66.1 Å². The zero-order valence-corrected chi connectivity index (χ0v) is 16.5. The van der Waals surface area contributed by atoms with Gasteiger partial charge < -0.3 is 28.4 Å². The van der Waals surface area contributed by atoms with E-state index in [1.807, 2.05) is 0 Å². The van der Waals surface area contributed by atoms with Crippen molar-refractivity contribution in [2.24, 2.45) is 0 Å². The fraction of sp³-hybridized carbons (Fsp3) is 1.00. The van der Waals surface area contributed by atoms with E-state index >= 15 is 0 Å². The molecule has 152 valence electrons. The second-order valence-corrected chi connectivity index (χ2v) is 5.82. The Balaban J connectivity index is 2.94. The minimum absolute atomic E-state index is 0.578. The first-order valence-electron chi connectivity index (χ1n) is 9.79. The molecule has 6 heteroatoms. The third kappa shape index (κ3) is 23.8. The summed E-state index contributed by atoms with van der Waals surface area (Å²) in [6.45, 7) is 9.13. The molecule has 0 aliphatic rings. The van der Waals surface area contributed by atoms with Gasteiger partial charge in [0.05, 0.1) is 66.1 Å². The first-order valence-corrected chi connectivity index (χ1v) is 9.79. The van der Waals surface area contributed by atoms with Gasteiger partial charge in [-0.15, -0.1) is 0 Å². The van der Waals surface area contributed by atoms with Crippen molar-refractivity contribution in [2.45, 2.75) is 45.4 Å². The zero-order chi connectivity index (χ0) is 18.3. The average Bonchev–Trinajstić information content (AvgIpc) is 2.63. The topological polar surface area (TPSA) is 55.4 Å². The van der Waals surface area contributed by atoms with Crippen LogP contribution in [0.25, 0.3) is 0 Å². The fourth-order valence-electron chi connectivity index (χ4n) is 2.11. The van der Waals surface area contributed by atoms with Gasteiger partial charge in [-0.25, -0.2) is 0 Å². The molecule has 0 unspecified atom stereocenters. The fourth-order valence-corrected chi connectivity index (χ4v) is 2.11. The van der Waals surface area contributed by atoms with Gasteiger partial charge in [0.1, 0.15) is 0 Å². The normalized spacial score (nSPS) is 11.3. The first kappa shape index (κ1) is 24.8. The maximum atomic E-state index is 5.54. The number of methoxy groups -OCH3 is 1. The van der Waals surface area contributed by atoms with Gasteiger partial charge in [-0.2, -0.15) is 0 Å². The number of hydrogen-bond donors (Lipinski definition) is 0. The van der Waals surface area contributed by atoms with Crippen LogP contribution in [0.4, 0.5) is 0 Å². The largest absolute Gasteiger partial charge is 0.382 e. The van der Waals surface area contributed by atoms with Crippen LogP contribution in [0.2, 0.25) is 0 Å². The third-order valence-corrected chi connectivity index (χ3v) is 3.56. The predicted octanol–water partition coefficient (Wildman–Crippen LogP) is 3.08. The molecule has 0 aromatic rings. The Morgan fingerprint density at radius 3 is 1.20 bits per heavy atom. The summed E-state index contributed by atoms with van der Waals surface area (Å²) in [7, 11) is 1.66. The summed E-state index contributed by atoms with van der Waals surface area (Å²) in [6, 6.07) is 0. The molecule has 0 saturated carbocycles. The maximum absolute atomic E-state index is 5.54. The van der Waals surface area contributed by atoms with Crippen LogP contribution in [0.3, 0.4) is 0 Å². The smallest absolute Gasteiger partial charge is 0.0701 e. The minimum atomic E-state index is 0.578. The molecule has 0 aliphatic heterocycles. The van der Waals surface area contributed by atoms with Crippen molar-refractivity contribution in [3.8, 4) is 0 Å². The van der Waals surface area contributed by atoms with E-state index < -0.39 is 0 Å². The Morgan fingerprint density at radius 1 is 0.400 bits per heavy atom. The molecule has 0 bridgehead atoms. The molecule has 0 heterocycles. The molecule has 0 spiro atoms. The average molecular weight is 365 g/mol. The lowest BCUT2D eigenvalue weighted by atomic mass is 10.1. The highest BCUT2D eigenvalue weighted by Crippen LogP contribution is 2.04. The molecule has 0 aliphatic carbocycles. The highest BCUT2D eigenvalue weighted by molar-refractivity contribution is 4.43. The van der Waals surface area contributed by atoms with E-state index in [0.717, 1.165) is 13.0 Å². The lowest BCUT2D eigenvalue weighted by Gasteiger charge is -2.08. The summed E-state index contributed by atoms with van der Waals surface area (Å²) in [5.41, 5.74) is 0. The molecule has 0 N–H and O–H groups in total. The number of ether oxygens (including phenoxy) is 6. The van der Waals surface area contributed by atoms with E-state index in [1.54, 1.807) is 7.11 Å². The molecule has 0 rings (SSSR count). The van der Waals surface area contributed by atoms with Gasteiger partial charge in [0.25, 0.3) is 0 Å². The summed E-state index contributed by atoms with van der Waals surface area (Å²) in [5.74, 6) is 0. The quantitative estimate of drug-likeness (QED) is 0.275. The molecule has 6 nitrogen and oxygen atoms in total. The lowest BCUT2D eigenvalue weighted by Crippen LogP contribution is -2.14. The van der Waals surface area contributed by atoms with Crippen molar-refractivity contribution >= 4 is 0 Å². The van der Waals surface area contributed by atoms with Crippen molar-refractivity contribution in [1.82, 2.24) is 0 Å². The number of unbranched alkanes of at least 4 members (excludes halogenated alkanes) is 5. The molecule has 0 atom stereocenters. The summed E-state index contributed by atoms with van der Waals surface area (Å²) in [4.78, 5) is 0. The van der Waals surface area contributed by atoms with Gasteiger partial charge >= 0.3 is 0 Å². The van der Waals surface area contributed by atoms with Crippen LogP contribution in [-0.2, 0) is 28.4 Å². The molecule has 0 radical (unpaired) electrons. The molecular formula is C19H40O6. The Labute approximate surface area is 154 Å². The predicted molar refractivity (Wildman–Crippen MR) is 99.3 cm³/mol. The van der Waals surface area contributed by atoms with Gasteiger partial charge in [-0.3, -0.25) is 0 Å². The highest BCUT2D eigenvalue weighted by atomic mass is 16.6. The van der Waals surface area contributed by atoms with Crippen LogP contribution in [0.1, 0.15) is 45.4 Å². The molecular weight excluding hydrogens is 324 g/mol. The van der Waals surface area contributed by atoms with Crippen molar-refractivity contribution in [2.75, 3.05) is 79.8 Å². The van der Waals surface area contributed by atoms with Crippen LogP contribution in [0.5, 0.6) is 0 Å². The molecule has 25 heavy (non-hydrogen) atoms. The van der Waals surface area contributed by atoms with Gasteiger partial charge in [0.2, 0.25) is 0 Å². The summed E-state index contributed by atoms with van der Waals surface area (Å²) >= 11 is 0. The molecule has 0 fully saturated rings. The SMILES string of the molecule is CCCCCCCCOCCOCCOCCOCCOCCOC. The van der Waals surface area contributed by atoms with Gasteiger partial charge in [-0.1, -0.05) is 39.0 Å². The van der Waals surface area contributed by atoms with Crippen molar-refractivity contribution < 1.29 is 28.4 Å². The molecule has 0 aromatic heterocycles. The van der Waals surface area contributed by atoms with Crippen molar-refractivity contribution in [3.05, 3.63) is 0 Å². The van der Waals surface area contributed by atoms with E-state index in [4.69, 9.17) is 28.4 Å². The van der Waals surface area contributed by atoms with Gasteiger partial charge in [0.15, 0.2) is 0 Å². The monoisotopic (exact) mass is 364 g/mol. The second-order valence-electron chi connectivity index (χ2n) is 5.82. The van der Waals surface area contributed by atoms with E-state index in [9.17, 15) is 0 Å². The van der Waals surface area contributed by atoms with E-state index in [1.165, 1.54) is 32.1 Å². The van der Waals surface area contributed by atoms with Crippen LogP contribution >= 0.6 is 0 Å². The highest BCUT2D eigenvalue weighted by Gasteiger charge is 1.94. The first-order chi connectivity index (χ1) is 12.4. The summed E-state index contributed by atoms with van der Waals surface area (Å²) in [5, 5.41) is 0. The standard InChI is InChI=1S/C19H40O6/c1-3-4-5-6-7-8-9-21-12-13-23-16-17-25-19-18-24-15-14-22-11-10-20-2/h3-19H2,1-2H3. The Hall–Kier alpha value is -0.240. The zero-order valence-electron chi connectivity index (χ0n) is 16.5. The van der Waals surface area contributed by atoms with Crippen LogP contribution in [0.15, 0.2) is 0 Å². The summed E-state index contributed by atoms with van der Waals surface area (Å²) < 4.78 is 31.9. The van der Waals surface area contributed by atoms with E-state index in [-0.39, 0.29) is 0 Å². The molecule has 0 aromatic carbocycles. The third-order valence-electron chi connectivity index (χ3n) is 3.56. The van der Waals surface area contributed by atoms with Crippen molar-refractivity contribution in [1.29, 1.82) is 0 Å². The molecule has 0 amide bonds. The number of rotatable bonds is 22. The Bertz CT molecular complexity index is 206. The maximum Gasteiger partial charge on any atom is 0.0701 e. The van der Waals surface area contributed by atoms with Crippen molar-refractivity contribution in [3.63, 3.8) is 0 Å². The van der Waals surface area contributed by atoms with E-state index in [2.05, 4.69) is 6.92 Å². The summed E-state index contributed by atoms with van der Waals surface area (Å²) in [6.07, 6.45) is 7.77. The van der Waals surface area contributed by atoms with Crippen LogP contribution < -0.4 is 0 Å². The van der Waals surface area contributed by atoms with Gasteiger partial charge in [0, 0.05) is 13.7 Å². The lowest BCUT2D eigenvalue weighted by molar-refractivity contribution is -0.0148. The number of hydrogen-bond acceptors (Lipinski definition) is 6. The van der Waals surface area contributed by atoms with Crippen LogP contribution in [-0.4, -0.2) is 79.8 Å². The second kappa shape index (κ2) is 23.8. The van der Waals surface area contributed by atoms with Gasteiger partial charge in [-0.05, 0) is 6.42 Å². The molecule has 0 saturated heterocycles. The van der Waals surface area contributed by atoms with Crippen LogP contribution in [0, 0.1) is 0 Å². The Morgan fingerprint density at radius 2 is 0.760 bits per heavy atom.